The number of aryl methyl sites for hydroxylation is 2. The zero-order valence-electron chi connectivity index (χ0n) is 15.0. The molecule has 2 aliphatic rings. The summed E-state index contributed by atoms with van der Waals surface area (Å²) in [7, 11) is 0. The van der Waals surface area contributed by atoms with Crippen LogP contribution in [0.3, 0.4) is 0 Å². The molecule has 1 aromatic carbocycles. The Bertz CT molecular complexity index is 632. The van der Waals surface area contributed by atoms with Gasteiger partial charge in [0.05, 0.1) is 0 Å². The molecule has 0 aromatic heterocycles. The number of nitrogens with zero attached hydrogens (tertiary/aromatic N) is 2. The highest BCUT2D eigenvalue weighted by Crippen LogP contribution is 2.19. The van der Waals surface area contributed by atoms with E-state index in [-0.39, 0.29) is 24.5 Å². The van der Waals surface area contributed by atoms with Crippen LogP contribution in [0.4, 0.5) is 0 Å². The molecule has 136 valence electrons. The van der Waals surface area contributed by atoms with E-state index in [0.29, 0.717) is 32.8 Å². The van der Waals surface area contributed by atoms with Crippen molar-refractivity contribution in [1.29, 1.82) is 0 Å². The molecule has 0 radical (unpaired) electrons. The van der Waals surface area contributed by atoms with Gasteiger partial charge in [-0.1, -0.05) is 12.1 Å². The largest absolute Gasteiger partial charge is 0.483 e. The van der Waals surface area contributed by atoms with Crippen LogP contribution in [-0.4, -0.2) is 67.1 Å². The van der Waals surface area contributed by atoms with Crippen LogP contribution in [0, 0.1) is 13.8 Å². The molecular weight excluding hydrogens is 320 g/mol. The summed E-state index contributed by atoms with van der Waals surface area (Å²) in [6.07, 6.45) is 1.47. The zero-order valence-corrected chi connectivity index (χ0v) is 15.0. The van der Waals surface area contributed by atoms with E-state index < -0.39 is 0 Å². The molecule has 6 heteroatoms. The number of amides is 2. The summed E-state index contributed by atoms with van der Waals surface area (Å²) in [6, 6.07) is 5.96. The fourth-order valence-corrected chi connectivity index (χ4v) is 3.25. The molecule has 0 bridgehead atoms. The SMILES string of the molecule is Cc1ccc(C)c(OCC(=O)N2CCN(C(=O)[C@@H]3CCCO3)CC2)c1. The van der Waals surface area contributed by atoms with Crippen LogP contribution in [0.15, 0.2) is 18.2 Å². The summed E-state index contributed by atoms with van der Waals surface area (Å²) in [4.78, 5) is 28.3. The van der Waals surface area contributed by atoms with Gasteiger partial charge >= 0.3 is 0 Å². The lowest BCUT2D eigenvalue weighted by atomic mass is 10.1. The molecule has 0 saturated carbocycles. The van der Waals surface area contributed by atoms with Gasteiger partial charge in [-0.15, -0.1) is 0 Å². The number of carbonyl (C=O) groups excluding carboxylic acids is 2. The van der Waals surface area contributed by atoms with Crippen molar-refractivity contribution in [2.45, 2.75) is 32.8 Å². The van der Waals surface area contributed by atoms with E-state index in [1.54, 1.807) is 4.90 Å². The van der Waals surface area contributed by atoms with Crippen LogP contribution in [0.1, 0.15) is 24.0 Å². The van der Waals surface area contributed by atoms with E-state index in [9.17, 15) is 9.59 Å². The summed E-state index contributed by atoms with van der Waals surface area (Å²) < 4.78 is 11.2. The van der Waals surface area contributed by atoms with Crippen LogP contribution < -0.4 is 4.74 Å². The Balaban J connectivity index is 1.46. The van der Waals surface area contributed by atoms with Crippen molar-refractivity contribution in [1.82, 2.24) is 9.80 Å². The zero-order chi connectivity index (χ0) is 17.8. The van der Waals surface area contributed by atoms with Gasteiger partial charge in [-0.25, -0.2) is 0 Å². The van der Waals surface area contributed by atoms with Gasteiger partial charge in [0, 0.05) is 32.8 Å². The standard InChI is InChI=1S/C19H26N2O4/c1-14-5-6-15(2)17(12-14)25-13-18(22)20-7-9-21(10-8-20)19(23)16-4-3-11-24-16/h5-6,12,16H,3-4,7-11,13H2,1-2H3/t16-/m0/s1. The van der Waals surface area contributed by atoms with Gasteiger partial charge in [0.15, 0.2) is 6.61 Å². The molecule has 2 fully saturated rings. The number of benzene rings is 1. The van der Waals surface area contributed by atoms with Gasteiger partial charge in [-0.05, 0) is 43.9 Å². The summed E-state index contributed by atoms with van der Waals surface area (Å²) in [5, 5.41) is 0. The first kappa shape index (κ1) is 17.7. The smallest absolute Gasteiger partial charge is 0.260 e. The van der Waals surface area contributed by atoms with Gasteiger partial charge in [-0.3, -0.25) is 9.59 Å². The number of ether oxygens (including phenoxy) is 2. The second kappa shape index (κ2) is 7.87. The Morgan fingerprint density at radius 3 is 2.56 bits per heavy atom. The van der Waals surface area contributed by atoms with Crippen LogP contribution in [0.25, 0.3) is 0 Å². The average Bonchev–Trinajstić information content (AvgIpc) is 3.16. The number of carbonyl (C=O) groups is 2. The number of hydrogen-bond donors (Lipinski definition) is 0. The molecule has 0 unspecified atom stereocenters. The van der Waals surface area contributed by atoms with Crippen molar-refractivity contribution in [2.24, 2.45) is 0 Å². The maximum atomic E-state index is 12.4. The van der Waals surface area contributed by atoms with E-state index >= 15 is 0 Å². The molecular formula is C19H26N2O4. The van der Waals surface area contributed by atoms with E-state index in [0.717, 1.165) is 29.7 Å². The van der Waals surface area contributed by atoms with Crippen molar-refractivity contribution in [3.8, 4) is 5.75 Å². The minimum Gasteiger partial charge on any atom is -0.483 e. The lowest BCUT2D eigenvalue weighted by Gasteiger charge is -2.35. The summed E-state index contributed by atoms with van der Waals surface area (Å²) >= 11 is 0. The molecule has 3 rings (SSSR count). The molecule has 2 saturated heterocycles. The predicted molar refractivity (Wildman–Crippen MR) is 93.5 cm³/mol. The molecule has 0 N–H and O–H groups in total. The average molecular weight is 346 g/mol. The lowest BCUT2D eigenvalue weighted by Crippen LogP contribution is -2.53. The molecule has 1 atom stereocenters. The van der Waals surface area contributed by atoms with Gasteiger partial charge in [-0.2, -0.15) is 0 Å². The number of hydrogen-bond acceptors (Lipinski definition) is 4. The van der Waals surface area contributed by atoms with Gasteiger partial charge < -0.3 is 19.3 Å². The Kier molecular flexibility index (Phi) is 5.58. The third-order valence-electron chi connectivity index (χ3n) is 4.84. The first-order chi connectivity index (χ1) is 12.0. The fourth-order valence-electron chi connectivity index (χ4n) is 3.25. The monoisotopic (exact) mass is 346 g/mol. The van der Waals surface area contributed by atoms with E-state index in [4.69, 9.17) is 9.47 Å². The van der Waals surface area contributed by atoms with Crippen LogP contribution in [0.5, 0.6) is 5.75 Å². The minimum atomic E-state index is -0.283. The first-order valence-electron chi connectivity index (χ1n) is 8.93. The van der Waals surface area contributed by atoms with Crippen molar-refractivity contribution in [2.75, 3.05) is 39.4 Å². The lowest BCUT2D eigenvalue weighted by molar-refractivity contribution is -0.146. The second-order valence-electron chi connectivity index (χ2n) is 6.77. The van der Waals surface area contributed by atoms with E-state index in [1.807, 2.05) is 36.9 Å². The minimum absolute atomic E-state index is 0.0317. The maximum Gasteiger partial charge on any atom is 0.260 e. The Hall–Kier alpha value is -2.08. The van der Waals surface area contributed by atoms with Gasteiger partial charge in [0.1, 0.15) is 11.9 Å². The number of rotatable bonds is 4. The fraction of sp³-hybridized carbons (Fsp3) is 0.579. The van der Waals surface area contributed by atoms with Crippen molar-refractivity contribution in [3.05, 3.63) is 29.3 Å². The summed E-state index contributed by atoms with van der Waals surface area (Å²) in [6.45, 7) is 6.89. The van der Waals surface area contributed by atoms with Gasteiger partial charge in [0.2, 0.25) is 0 Å². The molecule has 0 aliphatic carbocycles. The third kappa shape index (κ3) is 4.31. The molecule has 25 heavy (non-hydrogen) atoms. The highest BCUT2D eigenvalue weighted by Gasteiger charge is 2.31. The molecule has 2 heterocycles. The molecule has 0 spiro atoms. The quantitative estimate of drug-likeness (QED) is 0.830. The first-order valence-corrected chi connectivity index (χ1v) is 8.93. The Labute approximate surface area is 148 Å². The topological polar surface area (TPSA) is 59.1 Å². The molecule has 2 amide bonds. The van der Waals surface area contributed by atoms with E-state index in [2.05, 4.69) is 0 Å². The van der Waals surface area contributed by atoms with Gasteiger partial charge in [0.25, 0.3) is 11.8 Å². The maximum absolute atomic E-state index is 12.4. The third-order valence-corrected chi connectivity index (χ3v) is 4.84. The van der Waals surface area contributed by atoms with Crippen molar-refractivity contribution in [3.63, 3.8) is 0 Å². The number of piperazine rings is 1. The van der Waals surface area contributed by atoms with E-state index in [1.165, 1.54) is 0 Å². The molecule has 6 nitrogen and oxygen atoms in total. The van der Waals surface area contributed by atoms with Crippen molar-refractivity contribution < 1.29 is 19.1 Å². The van der Waals surface area contributed by atoms with Crippen LogP contribution >= 0.6 is 0 Å². The Morgan fingerprint density at radius 2 is 1.88 bits per heavy atom. The van der Waals surface area contributed by atoms with Crippen LogP contribution in [-0.2, 0) is 14.3 Å². The summed E-state index contributed by atoms with van der Waals surface area (Å²) in [5.41, 5.74) is 2.12. The van der Waals surface area contributed by atoms with Crippen molar-refractivity contribution >= 4 is 11.8 Å². The molecule has 1 aromatic rings. The predicted octanol–water partition coefficient (Wildman–Crippen LogP) is 1.53. The second-order valence-corrected chi connectivity index (χ2v) is 6.77. The Morgan fingerprint density at radius 1 is 1.16 bits per heavy atom. The normalized spacial score (nSPS) is 20.6. The summed E-state index contributed by atoms with van der Waals surface area (Å²) in [5.74, 6) is 0.780. The highest BCUT2D eigenvalue weighted by atomic mass is 16.5. The van der Waals surface area contributed by atoms with Crippen LogP contribution in [0.2, 0.25) is 0 Å². The molecule has 2 aliphatic heterocycles. The highest BCUT2D eigenvalue weighted by molar-refractivity contribution is 5.82.